The van der Waals surface area contributed by atoms with Gasteiger partial charge in [0.05, 0.1) is 17.8 Å². The third-order valence-electron chi connectivity index (χ3n) is 23.6. The SMILES string of the molecule is CC(=O)N1CCC(C(C)(C)C)C1.CC(=O)N1CCC(C(C)(C)C)CC1.CC(=O)N1CCC(C(C)(C)C)CC1.CC(=O)N1CCC(C(C)(C)C)CC1.CC(C)(C)C1CCCCC1.CC(C)(C)C1CCN(S(C)(=O)=O)CC1.CC(C)(C)C1CCOCC1.CC(C)(C)C1CCS(=O)(=O)CC1. The van der Waals surface area contributed by atoms with Crippen LogP contribution in [0.4, 0.5) is 0 Å². The quantitative estimate of drug-likeness (QED) is 0.249. The molecule has 0 aromatic heterocycles. The molecule has 14 nitrogen and oxygen atoms in total. The van der Waals surface area contributed by atoms with Crippen LogP contribution in [0.15, 0.2) is 0 Å². The first-order chi connectivity index (χ1) is 43.9. The molecule has 1 aliphatic carbocycles. The highest BCUT2D eigenvalue weighted by atomic mass is 32.2. The Morgan fingerprint density at radius 1 is 0.309 bits per heavy atom. The van der Waals surface area contributed by atoms with Crippen molar-refractivity contribution in [2.24, 2.45) is 90.7 Å². The van der Waals surface area contributed by atoms with Crippen molar-refractivity contribution in [3.8, 4) is 0 Å². The molecule has 7 saturated heterocycles. The van der Waals surface area contributed by atoms with E-state index in [9.17, 15) is 36.0 Å². The predicted octanol–water partition coefficient (Wildman–Crippen LogP) is 18.4. The normalized spacial score (nSPS) is 22.5. The number of amides is 4. The summed E-state index contributed by atoms with van der Waals surface area (Å²) in [5.41, 5.74) is 3.21. The van der Waals surface area contributed by atoms with Gasteiger partial charge < -0.3 is 24.3 Å². The lowest BCUT2D eigenvalue weighted by molar-refractivity contribution is -0.131. The van der Waals surface area contributed by atoms with Gasteiger partial charge in [-0.3, -0.25) is 19.2 Å². The summed E-state index contributed by atoms with van der Waals surface area (Å²) in [4.78, 5) is 52.1. The fourth-order valence-electron chi connectivity index (χ4n) is 15.3. The van der Waals surface area contributed by atoms with Crippen molar-refractivity contribution in [1.82, 2.24) is 23.9 Å². The van der Waals surface area contributed by atoms with Crippen molar-refractivity contribution in [3.63, 3.8) is 0 Å². The predicted molar refractivity (Wildman–Crippen MR) is 412 cm³/mol. The summed E-state index contributed by atoms with van der Waals surface area (Å²) in [7, 11) is -5.64. The van der Waals surface area contributed by atoms with Crippen LogP contribution in [-0.2, 0) is 43.8 Å². The fourth-order valence-corrected chi connectivity index (χ4v) is 17.6. The van der Waals surface area contributed by atoms with Gasteiger partial charge in [-0.15, -0.1) is 0 Å². The molecule has 1 saturated carbocycles. The second-order valence-corrected chi connectivity index (χ2v) is 43.6. The van der Waals surface area contributed by atoms with Crippen molar-refractivity contribution in [2.45, 2.75) is 309 Å². The van der Waals surface area contributed by atoms with E-state index >= 15 is 0 Å². The second-order valence-electron chi connectivity index (χ2n) is 39.3. The van der Waals surface area contributed by atoms with Crippen LogP contribution in [0.5, 0.6) is 0 Å². The number of likely N-dealkylation sites (tertiary alicyclic amines) is 4. The zero-order chi connectivity index (χ0) is 75.1. The van der Waals surface area contributed by atoms with Gasteiger partial charge in [-0.25, -0.2) is 21.1 Å². The van der Waals surface area contributed by atoms with Crippen LogP contribution in [0, 0.1) is 90.7 Å². The second kappa shape index (κ2) is 40.1. The van der Waals surface area contributed by atoms with Gasteiger partial charge in [-0.05, 0) is 187 Å². The number of hydrogen-bond donors (Lipinski definition) is 0. The third kappa shape index (κ3) is 37.6. The smallest absolute Gasteiger partial charge is 0.219 e. The molecule has 0 bridgehead atoms. The van der Waals surface area contributed by atoms with E-state index in [2.05, 4.69) is 166 Å². The molecule has 0 aromatic carbocycles. The molecule has 7 aliphatic heterocycles. The zero-order valence-corrected chi connectivity index (χ0v) is 70.6. The lowest BCUT2D eigenvalue weighted by Crippen LogP contribution is -2.40. The lowest BCUT2D eigenvalue weighted by atomic mass is 9.72. The summed E-state index contributed by atoms with van der Waals surface area (Å²) >= 11 is 0. The van der Waals surface area contributed by atoms with Crippen molar-refractivity contribution in [3.05, 3.63) is 0 Å². The number of hydrogen-bond acceptors (Lipinski definition) is 9. The lowest BCUT2D eigenvalue weighted by Gasteiger charge is -2.38. The van der Waals surface area contributed by atoms with Gasteiger partial charge in [0, 0.05) is 106 Å². The number of nitrogens with zero attached hydrogens (tertiary/aromatic N) is 5. The first-order valence-corrected chi connectivity index (χ1v) is 42.3. The molecule has 0 N–H and O–H groups in total. The van der Waals surface area contributed by atoms with Gasteiger partial charge in [-0.2, -0.15) is 0 Å². The molecule has 0 spiro atoms. The molecule has 7 heterocycles. The number of sulfonamides is 1. The standard InChI is InChI=1S/3C11H21NO.C10H21NO2S.C10H19NO.C10H20.C9H18O2S.C9H18O/c3*1-9(13)12-7-5-10(6-8-12)11(2,3)4;1-10(2,3)9-5-7-11(8-6-9)14(4,12)13;1-8(12)11-6-5-9(7-11)10(2,3)4;1-10(2,3)9-7-5-4-6-8-9;1-9(2,3)8-4-6-12(10,11)7-5-8;1-9(2,3)8-4-6-10-7-5-8/h3*10H,5-8H2,1-4H3;9H,5-8H2,1-4H3;9H,5-7H2,1-4H3;9H,4-8H2,1-3H3;8H,4-7H2,1-3H3;8H,4-7H2,1-3H3. The van der Waals surface area contributed by atoms with E-state index in [1.165, 1.54) is 96.1 Å². The monoisotopic (exact) mass is 1410 g/mol. The van der Waals surface area contributed by atoms with Gasteiger partial charge in [-0.1, -0.05) is 185 Å². The maximum absolute atomic E-state index is 11.3. The van der Waals surface area contributed by atoms with E-state index < -0.39 is 19.9 Å². The Hall–Kier alpha value is -2.30. The molecular formula is C81H159N5O9S2. The van der Waals surface area contributed by atoms with Crippen LogP contribution < -0.4 is 0 Å². The summed E-state index contributed by atoms with van der Waals surface area (Å²) in [6.45, 7) is 72.4. The number of carbonyl (C=O) groups is 4. The highest BCUT2D eigenvalue weighted by molar-refractivity contribution is 7.91. The van der Waals surface area contributed by atoms with Crippen molar-refractivity contribution in [2.75, 3.05) is 96.4 Å². The molecule has 4 amide bonds. The Labute approximate surface area is 601 Å². The minimum absolute atomic E-state index is 0.224. The molecule has 8 aliphatic rings. The Kier molecular flexibility index (Phi) is 38.3. The maximum atomic E-state index is 11.3. The molecule has 97 heavy (non-hydrogen) atoms. The van der Waals surface area contributed by atoms with Crippen molar-refractivity contribution in [1.29, 1.82) is 0 Å². The van der Waals surface area contributed by atoms with E-state index in [4.69, 9.17) is 4.74 Å². The zero-order valence-electron chi connectivity index (χ0n) is 69.0. The molecule has 0 radical (unpaired) electrons. The Bertz CT molecular complexity index is 2340. The molecule has 8 rings (SSSR count). The van der Waals surface area contributed by atoms with E-state index in [-0.39, 0.29) is 29.0 Å². The molecule has 16 heteroatoms. The largest absolute Gasteiger partial charge is 0.381 e. The van der Waals surface area contributed by atoms with Crippen LogP contribution in [0.3, 0.4) is 0 Å². The molecule has 1 atom stereocenters. The molecule has 0 aromatic rings. The van der Waals surface area contributed by atoms with E-state index in [1.54, 1.807) is 32.0 Å². The minimum atomic E-state index is -2.96. The fraction of sp³-hybridized carbons (Fsp3) is 0.951. The average Bonchev–Trinajstić information content (AvgIpc) is 1.89. The van der Waals surface area contributed by atoms with Crippen LogP contribution in [0.25, 0.3) is 0 Å². The van der Waals surface area contributed by atoms with E-state index in [0.29, 0.717) is 80.3 Å². The summed E-state index contributed by atoms with van der Waals surface area (Å²) in [5, 5.41) is 0. The Morgan fingerprint density at radius 2 is 0.526 bits per heavy atom. The van der Waals surface area contributed by atoms with Crippen LogP contribution in [0.2, 0.25) is 0 Å². The highest BCUT2D eigenvalue weighted by Crippen LogP contribution is 2.41. The van der Waals surface area contributed by atoms with Gasteiger partial charge >= 0.3 is 0 Å². The van der Waals surface area contributed by atoms with Gasteiger partial charge in [0.25, 0.3) is 0 Å². The molecule has 574 valence electrons. The van der Waals surface area contributed by atoms with Crippen molar-refractivity contribution >= 4 is 43.5 Å². The number of sulfone groups is 1. The van der Waals surface area contributed by atoms with E-state index in [0.717, 1.165) is 121 Å². The first-order valence-electron chi connectivity index (χ1n) is 38.6. The first kappa shape index (κ1) is 92.7. The summed E-state index contributed by atoms with van der Waals surface area (Å²) in [6.07, 6.45) is 23.1. The number of carbonyl (C=O) groups excluding carboxylic acids is 4. The van der Waals surface area contributed by atoms with Crippen LogP contribution >= 0.6 is 0 Å². The minimum Gasteiger partial charge on any atom is -0.381 e. The third-order valence-corrected chi connectivity index (χ3v) is 26.6. The number of ether oxygens (including phenoxy) is 1. The van der Waals surface area contributed by atoms with E-state index in [1.807, 2.05) is 19.6 Å². The summed E-state index contributed by atoms with van der Waals surface area (Å²) < 4.78 is 51.7. The number of piperidine rings is 4. The highest BCUT2D eigenvalue weighted by Gasteiger charge is 2.37. The molecule has 8 fully saturated rings. The van der Waals surface area contributed by atoms with Gasteiger partial charge in [0.15, 0.2) is 0 Å². The van der Waals surface area contributed by atoms with Crippen molar-refractivity contribution < 1.29 is 40.8 Å². The topological polar surface area (TPSA) is 162 Å². The molecule has 1 unspecified atom stereocenters. The Morgan fingerprint density at radius 3 is 0.732 bits per heavy atom. The number of rotatable bonds is 1. The molecular weight excluding hydrogens is 1250 g/mol. The van der Waals surface area contributed by atoms with Gasteiger partial charge in [0.1, 0.15) is 9.84 Å². The average molecular weight is 1410 g/mol. The van der Waals surface area contributed by atoms with Crippen LogP contribution in [-0.4, -0.2) is 161 Å². The maximum Gasteiger partial charge on any atom is 0.219 e. The van der Waals surface area contributed by atoms with Crippen LogP contribution in [0.1, 0.15) is 309 Å². The summed E-state index contributed by atoms with van der Waals surface area (Å²) in [6, 6.07) is 0. The summed E-state index contributed by atoms with van der Waals surface area (Å²) in [5.74, 6) is 7.85. The Balaban J connectivity index is 0.000000555. The van der Waals surface area contributed by atoms with Gasteiger partial charge in [0.2, 0.25) is 33.7 Å².